The van der Waals surface area contributed by atoms with Gasteiger partial charge in [0.1, 0.15) is 0 Å². The fraction of sp³-hybridized carbons (Fsp3) is 0.294. The molecule has 0 spiro atoms. The van der Waals surface area contributed by atoms with Gasteiger partial charge in [-0.1, -0.05) is 0 Å². The van der Waals surface area contributed by atoms with Crippen LogP contribution in [0.5, 0.6) is 0 Å². The number of esters is 1. The maximum absolute atomic E-state index is 12.3. The Balaban J connectivity index is 2.09. The maximum atomic E-state index is 12.3. The lowest BCUT2D eigenvalue weighted by Gasteiger charge is -2.26. The summed E-state index contributed by atoms with van der Waals surface area (Å²) in [6.07, 6.45) is 2.83. The first-order valence-corrected chi connectivity index (χ1v) is 9.78. The number of hydrogen-bond donors (Lipinski definition) is 3. The molecule has 11 heteroatoms. The third-order valence-corrected chi connectivity index (χ3v) is 5.14. The molecule has 2 rings (SSSR count). The number of carbonyl (C=O) groups is 2. The van der Waals surface area contributed by atoms with Gasteiger partial charge in [-0.05, 0) is 51.1 Å². The summed E-state index contributed by atoms with van der Waals surface area (Å²) in [5.41, 5.74) is 4.20. The molecule has 28 heavy (non-hydrogen) atoms. The second-order valence-electron chi connectivity index (χ2n) is 5.85. The summed E-state index contributed by atoms with van der Waals surface area (Å²) >= 11 is 0. The van der Waals surface area contributed by atoms with Crippen molar-refractivity contribution in [3.63, 3.8) is 0 Å². The largest absolute Gasteiger partial charge is 0.464 e. The molecule has 0 aliphatic heterocycles. The first kappa shape index (κ1) is 21.3. The van der Waals surface area contributed by atoms with Crippen LogP contribution in [0.25, 0.3) is 0 Å². The minimum absolute atomic E-state index is 0.00905. The van der Waals surface area contributed by atoms with Crippen molar-refractivity contribution in [2.45, 2.75) is 31.2 Å². The van der Waals surface area contributed by atoms with E-state index < -0.39 is 27.3 Å². The zero-order valence-electron chi connectivity index (χ0n) is 15.6. The van der Waals surface area contributed by atoms with E-state index in [1.165, 1.54) is 50.5 Å². The van der Waals surface area contributed by atoms with Gasteiger partial charge in [-0.2, -0.15) is 0 Å². The van der Waals surface area contributed by atoms with Gasteiger partial charge >= 0.3 is 5.97 Å². The number of hydrogen-bond acceptors (Lipinski definition) is 9. The van der Waals surface area contributed by atoms with E-state index in [2.05, 4.69) is 25.5 Å². The van der Waals surface area contributed by atoms with E-state index in [-0.39, 0.29) is 17.5 Å². The molecule has 3 N–H and O–H groups in total. The van der Waals surface area contributed by atoms with Crippen LogP contribution in [0.2, 0.25) is 0 Å². The molecule has 10 nitrogen and oxygen atoms in total. The maximum Gasteiger partial charge on any atom is 0.335 e. The number of nitrogens with zero attached hydrogens (tertiary/aromatic N) is 2. The molecule has 0 aliphatic carbocycles. The van der Waals surface area contributed by atoms with Crippen LogP contribution in [-0.2, 0) is 24.3 Å². The van der Waals surface area contributed by atoms with Gasteiger partial charge in [0.25, 0.3) is 10.0 Å². The summed E-state index contributed by atoms with van der Waals surface area (Å²) in [5, 5.41) is 0. The molecule has 0 fully saturated rings. The summed E-state index contributed by atoms with van der Waals surface area (Å²) in [5.74, 6) is -1.20. The number of carbonyl (C=O) groups excluding carboxylic acids is 2. The zero-order valence-corrected chi connectivity index (χ0v) is 16.4. The van der Waals surface area contributed by atoms with Crippen LogP contribution in [0.1, 0.15) is 20.8 Å². The van der Waals surface area contributed by atoms with Crippen molar-refractivity contribution >= 4 is 33.4 Å². The van der Waals surface area contributed by atoms with Crippen LogP contribution in [0, 0.1) is 0 Å². The fourth-order valence-corrected chi connectivity index (χ4v) is 2.96. The van der Waals surface area contributed by atoms with Gasteiger partial charge in [-0.3, -0.25) is 4.79 Å². The second-order valence-corrected chi connectivity index (χ2v) is 7.54. The Morgan fingerprint density at radius 2 is 1.75 bits per heavy atom. The molecular weight excluding hydrogens is 386 g/mol. The Hall–Kier alpha value is -3.05. The fourth-order valence-electron chi connectivity index (χ4n) is 2.00. The molecule has 0 saturated heterocycles. The van der Waals surface area contributed by atoms with E-state index in [4.69, 9.17) is 4.74 Å². The highest BCUT2D eigenvalue weighted by Gasteiger charge is 2.39. The normalized spacial score (nSPS) is 13.2. The lowest BCUT2D eigenvalue weighted by molar-refractivity contribution is -0.153. The summed E-state index contributed by atoms with van der Waals surface area (Å²) in [6.45, 7) is 4.43. The van der Waals surface area contributed by atoms with Crippen molar-refractivity contribution < 1.29 is 22.7 Å². The molecule has 0 saturated carbocycles. The lowest BCUT2D eigenvalue weighted by atomic mass is 9.99. The van der Waals surface area contributed by atoms with Gasteiger partial charge in [0.05, 0.1) is 11.5 Å². The van der Waals surface area contributed by atoms with Crippen LogP contribution in [-0.4, -0.2) is 42.3 Å². The van der Waals surface area contributed by atoms with Gasteiger partial charge in [0.2, 0.25) is 5.95 Å². The minimum atomic E-state index is -3.86. The molecular formula is C17H21N5O5S. The molecule has 1 aromatic carbocycles. The smallest absolute Gasteiger partial charge is 0.335 e. The van der Waals surface area contributed by atoms with Gasteiger partial charge in [-0.25, -0.2) is 33.3 Å². The number of ether oxygens (including phenoxy) is 1. The molecule has 150 valence electrons. The highest BCUT2D eigenvalue weighted by Crippen LogP contribution is 2.17. The van der Waals surface area contributed by atoms with Crippen LogP contribution in [0.15, 0.2) is 47.6 Å². The summed E-state index contributed by atoms with van der Waals surface area (Å²) in [6, 6.07) is 7.21. The Bertz CT molecular complexity index is 934. The van der Waals surface area contributed by atoms with E-state index in [0.717, 1.165) is 0 Å². The molecule has 1 aromatic heterocycles. The van der Waals surface area contributed by atoms with Crippen molar-refractivity contribution in [2.24, 2.45) is 0 Å². The van der Waals surface area contributed by atoms with E-state index in [0.29, 0.717) is 5.69 Å². The molecule has 0 radical (unpaired) electrons. The number of benzene rings is 1. The van der Waals surface area contributed by atoms with E-state index in [1.807, 2.05) is 0 Å². The average molecular weight is 407 g/mol. The Morgan fingerprint density at radius 1 is 1.14 bits per heavy atom. The predicted octanol–water partition coefficient (Wildman–Crippen LogP) is 1.10. The van der Waals surface area contributed by atoms with Crippen LogP contribution in [0.3, 0.4) is 0 Å². The van der Waals surface area contributed by atoms with Gasteiger partial charge in [0, 0.05) is 18.1 Å². The third kappa shape index (κ3) is 5.02. The first-order chi connectivity index (χ1) is 13.2. The number of hydrazine groups is 1. The number of Topliss-reactive ketones (excluding diaryl/α,β-unsaturated/α-hetero) is 1. The molecule has 1 atom stereocenters. The van der Waals surface area contributed by atoms with Crippen molar-refractivity contribution in [1.82, 2.24) is 15.4 Å². The molecule has 1 unspecified atom stereocenters. The highest BCUT2D eigenvalue weighted by atomic mass is 32.2. The van der Waals surface area contributed by atoms with Crippen molar-refractivity contribution in [1.29, 1.82) is 0 Å². The van der Waals surface area contributed by atoms with Crippen molar-refractivity contribution in [3.8, 4) is 0 Å². The highest BCUT2D eigenvalue weighted by molar-refractivity contribution is 7.92. The first-order valence-electron chi connectivity index (χ1n) is 8.30. The van der Waals surface area contributed by atoms with Gasteiger partial charge in [-0.15, -0.1) is 0 Å². The number of sulfonamides is 1. The number of aromatic nitrogens is 2. The molecule has 2 aromatic rings. The molecule has 0 amide bonds. The van der Waals surface area contributed by atoms with E-state index in [9.17, 15) is 18.0 Å². The van der Waals surface area contributed by atoms with E-state index in [1.54, 1.807) is 13.0 Å². The number of ketones is 1. The summed E-state index contributed by atoms with van der Waals surface area (Å²) < 4.78 is 31.9. The van der Waals surface area contributed by atoms with Crippen LogP contribution >= 0.6 is 0 Å². The number of anilines is 2. The molecule has 1 heterocycles. The minimum Gasteiger partial charge on any atom is -0.464 e. The number of rotatable bonds is 9. The molecule has 0 aliphatic rings. The lowest BCUT2D eigenvalue weighted by Crippen LogP contribution is -2.57. The number of nitrogens with one attached hydrogen (secondary N) is 3. The Labute approximate surface area is 162 Å². The van der Waals surface area contributed by atoms with Crippen LogP contribution in [0.4, 0.5) is 11.6 Å². The standard InChI is InChI=1S/C17H21N5O5S/c1-4-27-15(24)17(3,12(2)23)22-20-13-6-8-14(9-7-13)28(25,26)21-16-18-10-5-11-19-16/h5-11,20,22H,4H2,1-3H3,(H,18,19,21). The zero-order chi connectivity index (χ0) is 20.8. The van der Waals surface area contributed by atoms with Crippen LogP contribution < -0.4 is 15.6 Å². The summed E-state index contributed by atoms with van der Waals surface area (Å²) in [4.78, 5) is 31.5. The Morgan fingerprint density at radius 3 is 2.29 bits per heavy atom. The van der Waals surface area contributed by atoms with E-state index >= 15 is 0 Å². The Kier molecular flexibility index (Phi) is 6.65. The topological polar surface area (TPSA) is 139 Å². The summed E-state index contributed by atoms with van der Waals surface area (Å²) in [7, 11) is -3.86. The van der Waals surface area contributed by atoms with Crippen molar-refractivity contribution in [3.05, 3.63) is 42.7 Å². The third-order valence-electron chi connectivity index (χ3n) is 3.80. The van der Waals surface area contributed by atoms with Gasteiger partial charge < -0.3 is 10.2 Å². The van der Waals surface area contributed by atoms with Crippen molar-refractivity contribution in [2.75, 3.05) is 16.8 Å². The van der Waals surface area contributed by atoms with Gasteiger partial charge in [0.15, 0.2) is 11.3 Å². The average Bonchev–Trinajstić information content (AvgIpc) is 2.67. The SMILES string of the molecule is CCOC(=O)C(C)(NNc1ccc(S(=O)(=O)Nc2ncccn2)cc1)C(C)=O. The quantitative estimate of drug-likeness (QED) is 0.317. The monoisotopic (exact) mass is 407 g/mol. The predicted molar refractivity (Wildman–Crippen MR) is 102 cm³/mol. The second kappa shape index (κ2) is 8.76. The molecule has 0 bridgehead atoms.